The molecule has 0 unspecified atom stereocenters. The van der Waals surface area contributed by atoms with E-state index in [1.165, 1.54) is 87.4 Å². The van der Waals surface area contributed by atoms with Gasteiger partial charge in [-0.05, 0) is 112 Å². The van der Waals surface area contributed by atoms with Crippen molar-refractivity contribution in [3.05, 3.63) is 135 Å². The Kier molecular flexibility index (Phi) is 11.0. The predicted octanol–water partition coefficient (Wildman–Crippen LogP) is 12.2. The monoisotopic (exact) mass is 695 g/mol. The number of carbonyl (C=O) groups is 1. The SMILES string of the molecule is CCCCCN1C(=CC=C2CCC(C=CC3=[N+](CCCCC)c4ccc(C)cc4C3(C)C)=C2c2cccc(C(=O)O)c2)C(C)(C)c2cc(C)ccc21. The number of carboxylic acid groups (broad SMARTS) is 1. The number of fused-ring (bicyclic) bond motifs is 2. The Balaban J connectivity index is 1.46. The summed E-state index contributed by atoms with van der Waals surface area (Å²) in [4.78, 5) is 14.7. The van der Waals surface area contributed by atoms with Crippen LogP contribution in [0.1, 0.15) is 131 Å². The van der Waals surface area contributed by atoms with E-state index in [9.17, 15) is 9.90 Å². The standard InChI is InChI=1S/C48H58N2O2/c1-9-11-13-28-49-41-24-18-33(3)30-39(41)47(5,6)43(49)26-22-35-20-21-36(45(35)37-16-15-17-38(32-37)46(51)52)23-27-44-48(7,8)40-31-34(4)19-25-42(40)50(44)29-14-12-10-2/h15-19,22-27,30-32H,9-14,20-21,28-29H2,1-8H3/p+1. The van der Waals surface area contributed by atoms with E-state index >= 15 is 0 Å². The van der Waals surface area contributed by atoms with Crippen LogP contribution in [0.4, 0.5) is 11.4 Å². The molecule has 0 fully saturated rings. The minimum absolute atomic E-state index is 0.127. The van der Waals surface area contributed by atoms with Gasteiger partial charge in [0.1, 0.15) is 6.54 Å². The van der Waals surface area contributed by atoms with Crippen molar-refractivity contribution < 1.29 is 14.5 Å². The molecule has 2 heterocycles. The van der Waals surface area contributed by atoms with E-state index in [0.29, 0.717) is 5.56 Å². The molecule has 0 aromatic heterocycles. The number of allylic oxidation sites excluding steroid dienone is 8. The molecule has 0 saturated heterocycles. The highest BCUT2D eigenvalue weighted by Crippen LogP contribution is 2.49. The van der Waals surface area contributed by atoms with Crippen molar-refractivity contribution in [1.82, 2.24) is 0 Å². The lowest BCUT2D eigenvalue weighted by Crippen LogP contribution is -2.28. The van der Waals surface area contributed by atoms with E-state index in [4.69, 9.17) is 0 Å². The maximum atomic E-state index is 12.2. The van der Waals surface area contributed by atoms with Crippen LogP contribution in [0.25, 0.3) is 5.57 Å². The van der Waals surface area contributed by atoms with Crippen LogP contribution in [0.15, 0.2) is 102 Å². The van der Waals surface area contributed by atoms with Gasteiger partial charge in [-0.15, -0.1) is 0 Å². The number of rotatable bonds is 13. The topological polar surface area (TPSA) is 43.5 Å². The van der Waals surface area contributed by atoms with Gasteiger partial charge in [0, 0.05) is 47.5 Å². The van der Waals surface area contributed by atoms with Gasteiger partial charge in [-0.3, -0.25) is 0 Å². The minimum Gasteiger partial charge on any atom is -0.478 e. The lowest BCUT2D eigenvalue weighted by atomic mass is 9.80. The highest BCUT2D eigenvalue weighted by atomic mass is 16.4. The molecule has 272 valence electrons. The van der Waals surface area contributed by atoms with E-state index in [1.54, 1.807) is 6.07 Å². The maximum absolute atomic E-state index is 12.2. The highest BCUT2D eigenvalue weighted by molar-refractivity contribution is 6.04. The summed E-state index contributed by atoms with van der Waals surface area (Å²) < 4.78 is 2.55. The summed E-state index contributed by atoms with van der Waals surface area (Å²) in [5, 5.41) is 9.97. The Bertz CT molecular complexity index is 2010. The number of aryl methyl sites for hydroxylation is 2. The molecule has 0 atom stereocenters. The van der Waals surface area contributed by atoms with Crippen molar-refractivity contribution in [1.29, 1.82) is 0 Å². The number of benzene rings is 3. The number of aromatic carboxylic acids is 1. The summed E-state index contributed by atoms with van der Waals surface area (Å²) in [7, 11) is 0. The van der Waals surface area contributed by atoms with Crippen LogP contribution in [0.5, 0.6) is 0 Å². The summed E-state index contributed by atoms with van der Waals surface area (Å²) in [6.45, 7) is 20.3. The summed E-state index contributed by atoms with van der Waals surface area (Å²) in [6, 6.07) is 21.3. The van der Waals surface area contributed by atoms with Crippen molar-refractivity contribution in [3.63, 3.8) is 0 Å². The normalized spacial score (nSPS) is 19.1. The second kappa shape index (κ2) is 15.3. The number of nitrogens with zero attached hydrogens (tertiary/aromatic N) is 2. The first kappa shape index (κ1) is 37.3. The zero-order valence-electron chi connectivity index (χ0n) is 32.9. The first-order valence-electron chi connectivity index (χ1n) is 19.7. The van der Waals surface area contributed by atoms with E-state index in [2.05, 4.69) is 132 Å². The van der Waals surface area contributed by atoms with Crippen molar-refractivity contribution >= 4 is 28.6 Å². The Morgan fingerprint density at radius 2 is 1.52 bits per heavy atom. The molecule has 1 N–H and O–H groups in total. The van der Waals surface area contributed by atoms with E-state index < -0.39 is 5.97 Å². The second-order valence-corrected chi connectivity index (χ2v) is 16.3. The molecule has 0 saturated carbocycles. The first-order valence-corrected chi connectivity index (χ1v) is 19.7. The smallest absolute Gasteiger partial charge is 0.335 e. The molecule has 4 nitrogen and oxygen atoms in total. The molecule has 4 heteroatoms. The van der Waals surface area contributed by atoms with Gasteiger partial charge in [0.15, 0.2) is 5.71 Å². The lowest BCUT2D eigenvalue weighted by molar-refractivity contribution is -0.438. The molecule has 0 spiro atoms. The van der Waals surface area contributed by atoms with E-state index in [1.807, 2.05) is 12.1 Å². The van der Waals surface area contributed by atoms with Gasteiger partial charge in [-0.2, -0.15) is 4.58 Å². The average molecular weight is 696 g/mol. The number of carboxylic acids is 1. The van der Waals surface area contributed by atoms with E-state index in [0.717, 1.165) is 44.3 Å². The van der Waals surface area contributed by atoms with Crippen LogP contribution < -0.4 is 4.90 Å². The molecule has 2 aliphatic heterocycles. The number of hydrogen-bond donors (Lipinski definition) is 1. The quantitative estimate of drug-likeness (QED) is 0.143. The molecule has 3 aromatic rings. The van der Waals surface area contributed by atoms with Crippen LogP contribution in [-0.2, 0) is 10.8 Å². The largest absolute Gasteiger partial charge is 0.478 e. The molecule has 52 heavy (non-hydrogen) atoms. The summed E-state index contributed by atoms with van der Waals surface area (Å²) in [5.74, 6) is -0.896. The molecule has 1 aliphatic carbocycles. The number of hydrogen-bond acceptors (Lipinski definition) is 2. The van der Waals surface area contributed by atoms with E-state index in [-0.39, 0.29) is 10.8 Å². The fraction of sp³-hybridized carbons (Fsp3) is 0.417. The number of anilines is 1. The fourth-order valence-electron chi connectivity index (χ4n) is 8.70. The molecule has 0 amide bonds. The zero-order valence-corrected chi connectivity index (χ0v) is 32.9. The Labute approximate surface area is 313 Å². The Morgan fingerprint density at radius 1 is 0.808 bits per heavy atom. The minimum atomic E-state index is -0.896. The highest BCUT2D eigenvalue weighted by Gasteiger charge is 2.44. The van der Waals surface area contributed by atoms with Crippen LogP contribution in [0, 0.1) is 13.8 Å². The van der Waals surface area contributed by atoms with Gasteiger partial charge in [-0.25, -0.2) is 4.79 Å². The lowest BCUT2D eigenvalue weighted by Gasteiger charge is -2.27. The van der Waals surface area contributed by atoms with Crippen molar-refractivity contribution in [2.75, 3.05) is 18.0 Å². The Hall–Kier alpha value is -4.44. The average Bonchev–Trinajstić information content (AvgIpc) is 3.68. The van der Waals surface area contributed by atoms with Gasteiger partial charge >= 0.3 is 5.97 Å². The van der Waals surface area contributed by atoms with Gasteiger partial charge < -0.3 is 10.0 Å². The van der Waals surface area contributed by atoms with Gasteiger partial charge in [0.05, 0.1) is 11.0 Å². The summed E-state index contributed by atoms with van der Waals surface area (Å²) in [5.41, 5.74) is 15.4. The summed E-state index contributed by atoms with van der Waals surface area (Å²) in [6.07, 6.45) is 18.4. The van der Waals surface area contributed by atoms with Crippen LogP contribution in [0.2, 0.25) is 0 Å². The predicted molar refractivity (Wildman–Crippen MR) is 219 cm³/mol. The summed E-state index contributed by atoms with van der Waals surface area (Å²) >= 11 is 0. The van der Waals surface area contributed by atoms with Gasteiger partial charge in [-0.1, -0.05) is 101 Å². The molecule has 0 bridgehead atoms. The fourth-order valence-corrected chi connectivity index (χ4v) is 8.70. The van der Waals surface area contributed by atoms with Gasteiger partial charge in [0.2, 0.25) is 5.69 Å². The molecular formula is C48H59N2O2+. The zero-order chi connectivity index (χ0) is 37.2. The molecular weight excluding hydrogens is 637 g/mol. The first-order chi connectivity index (χ1) is 24.9. The second-order valence-electron chi connectivity index (χ2n) is 16.3. The number of unbranched alkanes of at least 4 members (excludes halogenated alkanes) is 4. The molecule has 3 aromatic carbocycles. The third-order valence-corrected chi connectivity index (χ3v) is 11.7. The van der Waals surface area contributed by atoms with Crippen molar-refractivity contribution in [3.8, 4) is 0 Å². The van der Waals surface area contributed by atoms with Crippen LogP contribution in [0.3, 0.4) is 0 Å². The maximum Gasteiger partial charge on any atom is 0.335 e. The third-order valence-electron chi connectivity index (χ3n) is 11.7. The van der Waals surface area contributed by atoms with Crippen molar-refractivity contribution in [2.45, 2.75) is 118 Å². The molecule has 0 radical (unpaired) electrons. The third kappa shape index (κ3) is 7.14. The van der Waals surface area contributed by atoms with Crippen molar-refractivity contribution in [2.24, 2.45) is 0 Å². The Morgan fingerprint density at radius 3 is 2.25 bits per heavy atom. The van der Waals surface area contributed by atoms with Crippen LogP contribution >= 0.6 is 0 Å². The molecule has 6 rings (SSSR count). The van der Waals surface area contributed by atoms with Gasteiger partial charge in [0.25, 0.3) is 0 Å². The molecule has 3 aliphatic rings. The van der Waals surface area contributed by atoms with Crippen LogP contribution in [-0.4, -0.2) is 34.5 Å².